The Bertz CT molecular complexity index is 662. The van der Waals surface area contributed by atoms with Gasteiger partial charge in [0.1, 0.15) is 6.26 Å². The second-order valence-corrected chi connectivity index (χ2v) is 3.61. The van der Waals surface area contributed by atoms with Crippen LogP contribution in [0, 0.1) is 0 Å². The van der Waals surface area contributed by atoms with Gasteiger partial charge in [0.2, 0.25) is 0 Å². The van der Waals surface area contributed by atoms with E-state index >= 15 is 0 Å². The van der Waals surface area contributed by atoms with E-state index in [9.17, 15) is 22.8 Å². The van der Waals surface area contributed by atoms with E-state index in [2.05, 4.69) is 0 Å². The molecule has 2 rings (SSSR count). The lowest BCUT2D eigenvalue weighted by Crippen LogP contribution is -2.20. The van der Waals surface area contributed by atoms with E-state index in [1.54, 1.807) is 5.32 Å². The average molecular weight is 273 g/mol. The Hall–Kier alpha value is -2.51. The van der Waals surface area contributed by atoms with Gasteiger partial charge in [0.15, 0.2) is 5.43 Å². The number of amides is 1. The molecule has 8 heteroatoms. The van der Waals surface area contributed by atoms with Crippen LogP contribution >= 0.6 is 0 Å². The van der Waals surface area contributed by atoms with Gasteiger partial charge in [-0.2, -0.15) is 13.2 Å². The molecule has 1 aliphatic heterocycles. The average Bonchev–Trinajstić information content (AvgIpc) is 2.31. The zero-order valence-corrected chi connectivity index (χ0v) is 9.12. The third-order valence-corrected chi connectivity index (χ3v) is 2.41. The number of carbonyl (C=O) groups is 1. The second kappa shape index (κ2) is 4.30. The molecular weight excluding hydrogens is 267 g/mol. The highest BCUT2D eigenvalue weighted by Gasteiger charge is 2.36. The van der Waals surface area contributed by atoms with Crippen LogP contribution in [0.4, 0.5) is 23.7 Å². The number of halogens is 3. The molecule has 0 bridgehead atoms. The van der Waals surface area contributed by atoms with Crippen LogP contribution in [0.5, 0.6) is 0 Å². The third kappa shape index (κ3) is 2.37. The van der Waals surface area contributed by atoms with Gasteiger partial charge in [-0.15, -0.1) is 0 Å². The van der Waals surface area contributed by atoms with Crippen LogP contribution in [-0.4, -0.2) is 11.2 Å². The Kier molecular flexibility index (Phi) is 2.93. The lowest BCUT2D eigenvalue weighted by atomic mass is 9.99. The molecule has 0 aromatic carbocycles. The highest BCUT2D eigenvalue weighted by atomic mass is 19.4. The fraction of sp³-hybridized carbons (Fsp3) is 0.0909. The van der Waals surface area contributed by atoms with Crippen molar-refractivity contribution in [2.24, 2.45) is 0 Å². The summed E-state index contributed by atoms with van der Waals surface area (Å²) in [6.07, 6.45) is -4.50. The zero-order chi connectivity index (χ0) is 14.2. The molecule has 1 aliphatic carbocycles. The minimum Gasteiger partial charge on any atom is -0.472 e. The Labute approximate surface area is 103 Å². The van der Waals surface area contributed by atoms with Crippen LogP contribution in [-0.2, 0) is 6.18 Å². The molecule has 5 nitrogen and oxygen atoms in total. The molecule has 0 aromatic heterocycles. The van der Waals surface area contributed by atoms with Crippen LogP contribution in [0.15, 0.2) is 33.9 Å². The quantitative estimate of drug-likeness (QED) is 0.837. The van der Waals surface area contributed by atoms with Gasteiger partial charge in [-0.1, -0.05) is 0 Å². The van der Waals surface area contributed by atoms with Crippen LogP contribution in [0.1, 0.15) is 5.56 Å². The fourth-order valence-electron chi connectivity index (χ4n) is 1.67. The molecule has 0 spiro atoms. The van der Waals surface area contributed by atoms with Gasteiger partial charge in [0, 0.05) is 11.6 Å². The summed E-state index contributed by atoms with van der Waals surface area (Å²) < 4.78 is 43.1. The van der Waals surface area contributed by atoms with Gasteiger partial charge in [0.25, 0.3) is 0 Å². The number of hydrogen-bond acceptors (Lipinski definition) is 3. The predicted octanol–water partition coefficient (Wildman–Crippen LogP) is 2.85. The van der Waals surface area contributed by atoms with E-state index in [4.69, 9.17) is 9.52 Å². The number of alkyl halides is 3. The number of nitrogens with one attached hydrogen (secondary N) is 1. The normalized spacial score (nSPS) is 11.5. The zero-order valence-electron chi connectivity index (χ0n) is 9.12. The molecule has 0 saturated heterocycles. The van der Waals surface area contributed by atoms with Crippen molar-refractivity contribution in [3.8, 4) is 11.1 Å². The van der Waals surface area contributed by atoms with Crippen LogP contribution in [0.3, 0.4) is 0 Å². The summed E-state index contributed by atoms with van der Waals surface area (Å²) in [5.74, 6) is 0. The van der Waals surface area contributed by atoms with Gasteiger partial charge in [-0.25, -0.2) is 4.79 Å². The highest BCUT2D eigenvalue weighted by Crippen LogP contribution is 2.39. The number of hydrogen-bond donors (Lipinski definition) is 2. The molecule has 0 radical (unpaired) electrons. The molecule has 100 valence electrons. The summed E-state index contributed by atoms with van der Waals surface area (Å²) in [5, 5.41) is 10.3. The summed E-state index contributed by atoms with van der Waals surface area (Å²) in [4.78, 5) is 22.1. The Morgan fingerprint density at radius 2 is 2.00 bits per heavy atom. The van der Waals surface area contributed by atoms with Gasteiger partial charge in [0.05, 0.1) is 23.1 Å². The molecule has 0 fully saturated rings. The smallest absolute Gasteiger partial charge is 0.418 e. The lowest BCUT2D eigenvalue weighted by Gasteiger charge is -2.16. The van der Waals surface area contributed by atoms with E-state index in [1.165, 1.54) is 0 Å². The van der Waals surface area contributed by atoms with Crippen LogP contribution in [0.2, 0.25) is 0 Å². The third-order valence-electron chi connectivity index (χ3n) is 2.41. The van der Waals surface area contributed by atoms with Crippen LogP contribution in [0.25, 0.3) is 11.1 Å². The minimum atomic E-state index is -4.85. The first-order valence-corrected chi connectivity index (χ1v) is 4.91. The van der Waals surface area contributed by atoms with Crippen molar-refractivity contribution in [3.05, 3.63) is 40.4 Å². The largest absolute Gasteiger partial charge is 0.472 e. The van der Waals surface area contributed by atoms with Crippen molar-refractivity contribution in [2.45, 2.75) is 6.18 Å². The summed E-state index contributed by atoms with van der Waals surface area (Å²) in [5.41, 5.74) is -3.24. The molecule has 1 heterocycles. The van der Waals surface area contributed by atoms with E-state index in [-0.39, 0.29) is 11.1 Å². The second-order valence-electron chi connectivity index (χ2n) is 3.61. The maximum absolute atomic E-state index is 12.8. The van der Waals surface area contributed by atoms with Crippen molar-refractivity contribution in [2.75, 3.05) is 5.32 Å². The molecule has 1 amide bonds. The molecule has 0 atom stereocenters. The number of rotatable bonds is 1. The van der Waals surface area contributed by atoms with Gasteiger partial charge < -0.3 is 9.52 Å². The van der Waals surface area contributed by atoms with E-state index in [1.807, 2.05) is 0 Å². The number of anilines is 1. The Morgan fingerprint density at radius 1 is 1.32 bits per heavy atom. The number of benzene rings is 1. The van der Waals surface area contributed by atoms with Gasteiger partial charge in [-0.05, 0) is 6.07 Å². The molecular formula is C11H6F3NO4. The minimum absolute atomic E-state index is 0.140. The lowest BCUT2D eigenvalue weighted by molar-refractivity contribution is -0.136. The first-order chi connectivity index (χ1) is 8.80. The molecule has 0 aromatic rings. The first-order valence-electron chi connectivity index (χ1n) is 4.91. The Morgan fingerprint density at radius 3 is 2.58 bits per heavy atom. The van der Waals surface area contributed by atoms with Crippen LogP contribution < -0.4 is 10.7 Å². The van der Waals surface area contributed by atoms with Crippen molar-refractivity contribution in [3.63, 3.8) is 0 Å². The molecule has 0 saturated carbocycles. The monoisotopic (exact) mass is 273 g/mol. The maximum Gasteiger partial charge on any atom is 0.418 e. The topological polar surface area (TPSA) is 79.5 Å². The van der Waals surface area contributed by atoms with Gasteiger partial charge in [-0.3, -0.25) is 10.1 Å². The molecule has 0 unspecified atom stereocenters. The summed E-state index contributed by atoms with van der Waals surface area (Å²) in [6, 6.07) is 1.43. The maximum atomic E-state index is 12.8. The number of carboxylic acid groups (broad SMARTS) is 1. The summed E-state index contributed by atoms with van der Waals surface area (Å²) in [6.45, 7) is 0. The van der Waals surface area contributed by atoms with E-state index in [0.717, 1.165) is 18.6 Å². The van der Waals surface area contributed by atoms with E-state index < -0.39 is 28.9 Å². The first kappa shape index (κ1) is 12.9. The highest BCUT2D eigenvalue weighted by molar-refractivity contribution is 5.92. The Balaban J connectivity index is 2.84. The van der Waals surface area contributed by atoms with Crippen molar-refractivity contribution < 1.29 is 27.5 Å². The molecule has 2 N–H and O–H groups in total. The van der Waals surface area contributed by atoms with Crippen molar-refractivity contribution in [1.82, 2.24) is 0 Å². The number of fused-ring (bicyclic) bond motifs is 1. The standard InChI is InChI=1S/C11H6F3NO4/c12-11(13,14)7-3-8(16)6-4-19-2-1-5(6)9(7)15-10(17)18/h1-4,15H,(H,17,18). The van der Waals surface area contributed by atoms with E-state index in [0.29, 0.717) is 6.07 Å². The molecule has 2 aliphatic rings. The van der Waals surface area contributed by atoms with Crippen molar-refractivity contribution >= 4 is 11.8 Å². The van der Waals surface area contributed by atoms with Gasteiger partial charge >= 0.3 is 12.3 Å². The van der Waals surface area contributed by atoms with Crippen molar-refractivity contribution in [1.29, 1.82) is 0 Å². The summed E-state index contributed by atoms with van der Waals surface area (Å²) in [7, 11) is 0. The SMILES string of the molecule is O=C(O)Nc1c2ccocc-2c(=O)cc1C(F)(F)F. The fourth-order valence-corrected chi connectivity index (χ4v) is 1.67. The summed E-state index contributed by atoms with van der Waals surface area (Å²) >= 11 is 0. The predicted molar refractivity (Wildman–Crippen MR) is 58.2 cm³/mol. The molecule has 19 heavy (non-hydrogen) atoms.